The van der Waals surface area contributed by atoms with Gasteiger partial charge in [0.25, 0.3) is 0 Å². The summed E-state index contributed by atoms with van der Waals surface area (Å²) < 4.78 is 10.5. The number of amides is 3. The molecular weight excluding hydrogens is 508 g/mol. The zero-order valence-electron chi connectivity index (χ0n) is 22.0. The highest BCUT2D eigenvalue weighted by Gasteiger charge is 2.36. The summed E-state index contributed by atoms with van der Waals surface area (Å²) in [5.74, 6) is -0.252. The molecule has 2 unspecified atom stereocenters. The molecule has 4 rings (SSSR count). The molecule has 3 amide bonds. The van der Waals surface area contributed by atoms with Gasteiger partial charge in [-0.1, -0.05) is 103 Å². The smallest absolute Gasteiger partial charge is 0.414 e. The first-order valence-electron chi connectivity index (χ1n) is 13.1. The number of alkyl carbamates (subject to hydrolysis) is 2. The van der Waals surface area contributed by atoms with Crippen LogP contribution in [0.3, 0.4) is 0 Å². The van der Waals surface area contributed by atoms with Crippen LogP contribution in [-0.4, -0.2) is 36.6 Å². The number of ether oxygens (including phenoxy) is 2. The molecule has 0 aliphatic carbocycles. The Bertz CT molecular complexity index is 1250. The first kappa shape index (κ1) is 28.1. The van der Waals surface area contributed by atoms with Crippen molar-refractivity contribution in [1.29, 1.82) is 0 Å². The van der Waals surface area contributed by atoms with Gasteiger partial charge in [0, 0.05) is 6.54 Å². The molecule has 0 spiro atoms. The molecule has 9 nitrogen and oxygen atoms in total. The van der Waals surface area contributed by atoms with Gasteiger partial charge in [0.1, 0.15) is 13.2 Å². The van der Waals surface area contributed by atoms with E-state index in [2.05, 4.69) is 20.9 Å². The summed E-state index contributed by atoms with van der Waals surface area (Å²) in [4.78, 5) is 41.2. The Balaban J connectivity index is 1.29. The maximum atomic E-state index is 12.4. The Morgan fingerprint density at radius 2 is 1.32 bits per heavy atom. The highest BCUT2D eigenvalue weighted by atomic mass is 16.6. The number of aliphatic imine (C=N–C) groups is 1. The highest BCUT2D eigenvalue weighted by Crippen LogP contribution is 2.22. The molecule has 206 valence electrons. The fourth-order valence-electron chi connectivity index (χ4n) is 4.03. The first-order valence-corrected chi connectivity index (χ1v) is 13.1. The van der Waals surface area contributed by atoms with Gasteiger partial charge in [0.05, 0.1) is 12.0 Å². The van der Waals surface area contributed by atoms with Crippen molar-refractivity contribution >= 4 is 30.1 Å². The SMILES string of the molecule is O=C(NC(=NCCCC1C(=O)NC1/C=C/c1ccccc1)NC(=O)OCc1ccccc1)OCc1ccccc1. The van der Waals surface area contributed by atoms with Gasteiger partial charge < -0.3 is 14.8 Å². The van der Waals surface area contributed by atoms with Crippen LogP contribution in [0.5, 0.6) is 0 Å². The van der Waals surface area contributed by atoms with Crippen molar-refractivity contribution in [2.24, 2.45) is 10.9 Å². The van der Waals surface area contributed by atoms with Crippen LogP contribution in [0.1, 0.15) is 29.5 Å². The second-order valence-electron chi connectivity index (χ2n) is 9.16. The number of guanidine groups is 1. The van der Waals surface area contributed by atoms with Gasteiger partial charge in [-0.15, -0.1) is 0 Å². The number of carbonyl (C=O) groups excluding carboxylic acids is 3. The molecular formula is C31H32N4O5. The lowest BCUT2D eigenvalue weighted by molar-refractivity contribution is -0.133. The Hall–Kier alpha value is -4.92. The molecule has 9 heteroatoms. The number of rotatable bonds is 10. The second kappa shape index (κ2) is 14.9. The molecule has 1 heterocycles. The zero-order valence-corrected chi connectivity index (χ0v) is 22.0. The Morgan fingerprint density at radius 1 is 0.800 bits per heavy atom. The summed E-state index contributed by atoms with van der Waals surface area (Å²) in [5.41, 5.74) is 2.70. The molecule has 3 N–H and O–H groups in total. The fraction of sp³-hybridized carbons (Fsp3) is 0.226. The average Bonchev–Trinajstić information content (AvgIpc) is 2.98. The quantitative estimate of drug-likeness (QED) is 0.148. The Morgan fingerprint density at radius 3 is 1.85 bits per heavy atom. The van der Waals surface area contributed by atoms with E-state index in [1.165, 1.54) is 0 Å². The Kier molecular flexibility index (Phi) is 10.4. The lowest BCUT2D eigenvalue weighted by atomic mass is 9.86. The number of nitrogens with one attached hydrogen (secondary N) is 3. The van der Waals surface area contributed by atoms with Crippen LogP contribution in [0.4, 0.5) is 9.59 Å². The van der Waals surface area contributed by atoms with Crippen molar-refractivity contribution in [2.75, 3.05) is 6.54 Å². The molecule has 1 fully saturated rings. The summed E-state index contributed by atoms with van der Waals surface area (Å²) in [7, 11) is 0. The van der Waals surface area contributed by atoms with Gasteiger partial charge >= 0.3 is 12.2 Å². The molecule has 0 bridgehead atoms. The lowest BCUT2D eigenvalue weighted by Crippen LogP contribution is -2.56. The van der Waals surface area contributed by atoms with E-state index < -0.39 is 12.2 Å². The van der Waals surface area contributed by atoms with E-state index >= 15 is 0 Å². The van der Waals surface area contributed by atoms with Crippen molar-refractivity contribution in [1.82, 2.24) is 16.0 Å². The van der Waals surface area contributed by atoms with Crippen LogP contribution < -0.4 is 16.0 Å². The number of β-lactam (4-membered cyclic amide) rings is 1. The van der Waals surface area contributed by atoms with Gasteiger partial charge in [0.2, 0.25) is 11.9 Å². The largest absolute Gasteiger partial charge is 0.444 e. The maximum absolute atomic E-state index is 12.4. The number of hydrogen-bond acceptors (Lipinski definition) is 6. The maximum Gasteiger partial charge on any atom is 0.414 e. The van der Waals surface area contributed by atoms with Crippen molar-refractivity contribution < 1.29 is 23.9 Å². The van der Waals surface area contributed by atoms with E-state index in [4.69, 9.17) is 9.47 Å². The molecule has 2 atom stereocenters. The van der Waals surface area contributed by atoms with Crippen LogP contribution in [0.2, 0.25) is 0 Å². The fourth-order valence-corrected chi connectivity index (χ4v) is 4.03. The molecule has 1 aliphatic heterocycles. The van der Waals surface area contributed by atoms with Crippen LogP contribution in [0, 0.1) is 5.92 Å². The second-order valence-corrected chi connectivity index (χ2v) is 9.16. The van der Waals surface area contributed by atoms with Gasteiger partial charge in [0.15, 0.2) is 0 Å². The molecule has 1 aliphatic rings. The summed E-state index contributed by atoms with van der Waals surface area (Å²) in [6.45, 7) is 0.395. The number of carbonyl (C=O) groups is 3. The predicted molar refractivity (Wildman–Crippen MR) is 152 cm³/mol. The lowest BCUT2D eigenvalue weighted by Gasteiger charge is -2.34. The average molecular weight is 541 g/mol. The minimum atomic E-state index is -0.768. The minimum Gasteiger partial charge on any atom is -0.444 e. The highest BCUT2D eigenvalue weighted by molar-refractivity contribution is 6.01. The number of hydrogen-bond donors (Lipinski definition) is 3. The minimum absolute atomic E-state index is 0.00264. The van der Waals surface area contributed by atoms with E-state index in [1.54, 1.807) is 0 Å². The molecule has 3 aromatic carbocycles. The van der Waals surface area contributed by atoms with Crippen molar-refractivity contribution in [2.45, 2.75) is 32.1 Å². The van der Waals surface area contributed by atoms with Crippen LogP contribution in [0.15, 0.2) is 102 Å². The number of benzene rings is 3. The molecule has 0 saturated carbocycles. The van der Waals surface area contributed by atoms with E-state index in [9.17, 15) is 14.4 Å². The van der Waals surface area contributed by atoms with E-state index in [0.29, 0.717) is 12.8 Å². The molecule has 0 radical (unpaired) electrons. The van der Waals surface area contributed by atoms with Gasteiger partial charge in [-0.2, -0.15) is 0 Å². The molecule has 1 saturated heterocycles. The monoisotopic (exact) mass is 540 g/mol. The summed E-state index contributed by atoms with van der Waals surface area (Å²) >= 11 is 0. The third-order valence-corrected chi connectivity index (χ3v) is 6.18. The first-order chi connectivity index (χ1) is 19.6. The molecule has 40 heavy (non-hydrogen) atoms. The number of nitrogens with zero attached hydrogens (tertiary/aromatic N) is 1. The third-order valence-electron chi connectivity index (χ3n) is 6.18. The third kappa shape index (κ3) is 9.13. The normalized spacial score (nSPS) is 15.8. The van der Waals surface area contributed by atoms with E-state index in [-0.39, 0.29) is 43.6 Å². The standard InChI is InChI=1S/C31H32N4O5/c36-28-26(27(33-28)19-18-23-11-4-1-5-12-23)17-10-20-32-29(34-30(37)39-21-24-13-6-2-7-14-24)35-31(38)40-22-25-15-8-3-9-16-25/h1-9,11-16,18-19,26-27H,10,17,20-22H2,(H,33,36)(H2,32,34,35,37,38)/b19-18+. The Labute approximate surface area is 233 Å². The van der Waals surface area contributed by atoms with E-state index in [0.717, 1.165) is 16.7 Å². The summed E-state index contributed by atoms with van der Waals surface area (Å²) in [5, 5.41) is 7.86. The summed E-state index contributed by atoms with van der Waals surface area (Å²) in [6.07, 6.45) is 3.61. The van der Waals surface area contributed by atoms with Gasteiger partial charge in [-0.25, -0.2) is 9.59 Å². The van der Waals surface area contributed by atoms with Crippen LogP contribution in [0.25, 0.3) is 6.08 Å². The summed E-state index contributed by atoms with van der Waals surface area (Å²) in [6, 6.07) is 28.3. The van der Waals surface area contributed by atoms with Gasteiger partial charge in [-0.3, -0.25) is 20.4 Å². The zero-order chi connectivity index (χ0) is 28.0. The van der Waals surface area contributed by atoms with Crippen LogP contribution in [-0.2, 0) is 27.5 Å². The van der Waals surface area contributed by atoms with Crippen molar-refractivity contribution in [3.05, 3.63) is 114 Å². The van der Waals surface area contributed by atoms with Crippen molar-refractivity contribution in [3.8, 4) is 0 Å². The van der Waals surface area contributed by atoms with Crippen LogP contribution >= 0.6 is 0 Å². The predicted octanol–water partition coefficient (Wildman–Crippen LogP) is 4.80. The topological polar surface area (TPSA) is 118 Å². The van der Waals surface area contributed by atoms with Gasteiger partial charge in [-0.05, 0) is 29.5 Å². The molecule has 3 aromatic rings. The van der Waals surface area contributed by atoms with E-state index in [1.807, 2.05) is 103 Å². The molecule has 0 aromatic heterocycles. The van der Waals surface area contributed by atoms with Crippen molar-refractivity contribution in [3.63, 3.8) is 0 Å².